The number of rotatable bonds is 13. The molecule has 2 aromatic carbocycles. The van der Waals surface area contributed by atoms with Gasteiger partial charge in [0.1, 0.15) is 11.3 Å². The van der Waals surface area contributed by atoms with E-state index in [1.807, 2.05) is 68.4 Å². The van der Waals surface area contributed by atoms with Gasteiger partial charge in [-0.3, -0.25) is 14.4 Å². The third-order valence-corrected chi connectivity index (χ3v) is 6.16. The van der Waals surface area contributed by atoms with Crippen molar-refractivity contribution in [2.24, 2.45) is 0 Å². The van der Waals surface area contributed by atoms with Crippen LogP contribution in [0.5, 0.6) is 5.75 Å². The number of methoxy groups -OCH3 is 1. The summed E-state index contributed by atoms with van der Waals surface area (Å²) in [5, 5.41) is 34.8. The Morgan fingerprint density at radius 2 is 1.56 bits per heavy atom. The van der Waals surface area contributed by atoms with E-state index < -0.39 is 36.4 Å². The number of amides is 1. The van der Waals surface area contributed by atoms with Gasteiger partial charge in [-0.15, -0.1) is 0 Å². The van der Waals surface area contributed by atoms with Gasteiger partial charge in [0.15, 0.2) is 5.60 Å². The second-order valence-electron chi connectivity index (χ2n) is 9.85. The minimum absolute atomic E-state index is 0.0797. The lowest BCUT2D eigenvalue weighted by Crippen LogP contribution is -2.42. The van der Waals surface area contributed by atoms with Gasteiger partial charge in [0.2, 0.25) is 5.91 Å². The average Bonchev–Trinajstić information content (AvgIpc) is 3.27. The predicted octanol–water partition coefficient (Wildman–Crippen LogP) is 2.63. The highest BCUT2D eigenvalue weighted by molar-refractivity contribution is 5.88. The third kappa shape index (κ3) is 9.92. The van der Waals surface area contributed by atoms with E-state index in [0.29, 0.717) is 19.5 Å². The third-order valence-electron chi connectivity index (χ3n) is 6.16. The molecule has 0 aliphatic carbocycles. The van der Waals surface area contributed by atoms with Gasteiger partial charge in [-0.2, -0.15) is 0 Å². The molecule has 0 saturated heterocycles. The number of fused-ring (bicyclic) bond motifs is 1. The van der Waals surface area contributed by atoms with E-state index in [9.17, 15) is 19.2 Å². The molecule has 0 spiro atoms. The molecule has 12 heteroatoms. The van der Waals surface area contributed by atoms with Crippen molar-refractivity contribution in [1.29, 1.82) is 0 Å². The van der Waals surface area contributed by atoms with Crippen LogP contribution < -0.4 is 4.74 Å². The summed E-state index contributed by atoms with van der Waals surface area (Å²) in [4.78, 5) is 47.6. The second kappa shape index (κ2) is 14.8. The normalized spacial score (nSPS) is 11.1. The highest BCUT2D eigenvalue weighted by Gasteiger charge is 2.40. The minimum atomic E-state index is -2.74. The summed E-state index contributed by atoms with van der Waals surface area (Å²) < 4.78 is 11.1. The van der Waals surface area contributed by atoms with E-state index in [4.69, 9.17) is 29.6 Å². The number of carbonyl (C=O) groups excluding carboxylic acids is 1. The molecule has 1 aromatic heterocycles. The predicted molar refractivity (Wildman–Crippen MR) is 149 cm³/mol. The molecule has 0 aliphatic rings. The van der Waals surface area contributed by atoms with E-state index in [2.05, 4.69) is 4.90 Å². The van der Waals surface area contributed by atoms with Crippen molar-refractivity contribution in [3.05, 3.63) is 65.4 Å². The van der Waals surface area contributed by atoms with E-state index >= 15 is 0 Å². The summed E-state index contributed by atoms with van der Waals surface area (Å²) in [7, 11) is 5.68. The number of carboxylic acids is 3. The molecule has 3 rings (SSSR count). The lowest BCUT2D eigenvalue weighted by atomic mass is 9.96. The Labute approximate surface area is 237 Å². The molecule has 222 valence electrons. The summed E-state index contributed by atoms with van der Waals surface area (Å²) in [5.41, 5.74) is 1.16. The fourth-order valence-electron chi connectivity index (χ4n) is 3.97. The van der Waals surface area contributed by atoms with Crippen LogP contribution in [0.25, 0.3) is 11.0 Å². The molecule has 1 amide bonds. The van der Waals surface area contributed by atoms with E-state index in [-0.39, 0.29) is 5.91 Å². The average molecular weight is 573 g/mol. The standard InChI is InChI=1S/C23H28N2O3.C6H8O7/c1-17-9-10-20-19(16-28-22(20)13-17)14-23(26)25(12-11-24(2)3)15-18-7-5-6-8-21(18)27-4;7-3(8)1-6(13,5(11)12)2-4(9)10/h5-10,13,16H,11-12,14-15H2,1-4H3;13H,1-2H2,(H,7,8)(H,9,10)(H,11,12). The van der Waals surface area contributed by atoms with Gasteiger partial charge in [-0.1, -0.05) is 30.3 Å². The topological polar surface area (TPSA) is 178 Å². The first-order chi connectivity index (χ1) is 19.2. The van der Waals surface area contributed by atoms with Crippen molar-refractivity contribution >= 4 is 34.8 Å². The van der Waals surface area contributed by atoms with E-state index in [0.717, 1.165) is 40.0 Å². The minimum Gasteiger partial charge on any atom is -0.496 e. The van der Waals surface area contributed by atoms with Crippen molar-refractivity contribution in [3.8, 4) is 5.75 Å². The number of benzene rings is 2. The molecule has 0 radical (unpaired) electrons. The van der Waals surface area contributed by atoms with Crippen molar-refractivity contribution < 1.29 is 48.8 Å². The second-order valence-corrected chi connectivity index (χ2v) is 9.85. The number of hydrogen-bond acceptors (Lipinski definition) is 8. The van der Waals surface area contributed by atoms with E-state index in [1.165, 1.54) is 0 Å². The first-order valence-corrected chi connectivity index (χ1v) is 12.7. The lowest BCUT2D eigenvalue weighted by Gasteiger charge is -2.25. The number of furan rings is 1. The number of aliphatic carboxylic acids is 3. The zero-order chi connectivity index (χ0) is 30.7. The fourth-order valence-corrected chi connectivity index (χ4v) is 3.97. The number of aryl methyl sites for hydroxylation is 1. The summed E-state index contributed by atoms with van der Waals surface area (Å²) in [5.74, 6) is -4.14. The fraction of sp³-hybridized carbons (Fsp3) is 0.379. The number of hydrogen-bond donors (Lipinski definition) is 4. The van der Waals surface area contributed by atoms with Crippen LogP contribution in [0.1, 0.15) is 29.5 Å². The number of para-hydroxylation sites is 1. The lowest BCUT2D eigenvalue weighted by molar-refractivity contribution is -0.170. The highest BCUT2D eigenvalue weighted by Crippen LogP contribution is 2.24. The molecule has 12 nitrogen and oxygen atoms in total. The number of carbonyl (C=O) groups is 4. The Hall–Kier alpha value is -4.42. The first-order valence-electron chi connectivity index (χ1n) is 12.7. The van der Waals surface area contributed by atoms with Crippen LogP contribution in [-0.2, 0) is 32.1 Å². The van der Waals surface area contributed by atoms with E-state index in [1.54, 1.807) is 13.4 Å². The zero-order valence-corrected chi connectivity index (χ0v) is 23.5. The van der Waals surface area contributed by atoms with Crippen molar-refractivity contribution in [3.63, 3.8) is 0 Å². The van der Waals surface area contributed by atoms with Gasteiger partial charge < -0.3 is 39.4 Å². The summed E-state index contributed by atoms with van der Waals surface area (Å²) in [6.07, 6.45) is -0.267. The smallest absolute Gasteiger partial charge is 0.336 e. The Balaban J connectivity index is 0.000000383. The quantitative estimate of drug-likeness (QED) is 0.237. The molecule has 0 aliphatic heterocycles. The molecule has 4 N–H and O–H groups in total. The molecule has 0 saturated carbocycles. The number of ether oxygens (including phenoxy) is 1. The van der Waals surface area contributed by atoms with Crippen molar-refractivity contribution in [1.82, 2.24) is 9.80 Å². The first kappa shape index (κ1) is 32.8. The zero-order valence-electron chi connectivity index (χ0n) is 23.5. The number of aliphatic hydroxyl groups is 1. The highest BCUT2D eigenvalue weighted by atomic mass is 16.5. The molecule has 1 heterocycles. The van der Waals surface area contributed by atoms with Gasteiger partial charge in [-0.25, -0.2) is 4.79 Å². The summed E-state index contributed by atoms with van der Waals surface area (Å²) in [6, 6.07) is 13.9. The molecule has 3 aromatic rings. The van der Waals surface area contributed by atoms with Crippen LogP contribution in [0, 0.1) is 6.92 Å². The molecule has 0 bridgehead atoms. The Morgan fingerprint density at radius 3 is 2.12 bits per heavy atom. The SMILES string of the molecule is COc1ccccc1CN(CCN(C)C)C(=O)Cc1coc2cc(C)ccc12.O=C(O)CC(O)(CC(=O)O)C(=O)O. The molecule has 0 unspecified atom stereocenters. The monoisotopic (exact) mass is 572 g/mol. The Kier molecular flexibility index (Phi) is 11.9. The molecular formula is C29H36N2O10. The van der Waals surface area contributed by atoms with Crippen molar-refractivity contribution in [2.45, 2.75) is 38.3 Å². The maximum atomic E-state index is 13.2. The molecule has 0 fully saturated rings. The number of carboxylic acid groups (broad SMARTS) is 3. The van der Waals surface area contributed by atoms with Crippen LogP contribution in [0.4, 0.5) is 0 Å². The van der Waals surface area contributed by atoms with Gasteiger partial charge in [0.05, 0.1) is 32.6 Å². The summed E-state index contributed by atoms with van der Waals surface area (Å²) in [6.45, 7) is 4.00. The van der Waals surface area contributed by atoms with Gasteiger partial charge in [0, 0.05) is 36.1 Å². The number of nitrogens with zero attached hydrogens (tertiary/aromatic N) is 2. The Morgan fingerprint density at radius 1 is 0.927 bits per heavy atom. The van der Waals surface area contributed by atoms with Crippen LogP contribution in [0.2, 0.25) is 0 Å². The van der Waals surface area contributed by atoms with Crippen molar-refractivity contribution in [2.75, 3.05) is 34.3 Å². The number of likely N-dealkylation sites (N-methyl/N-ethyl adjacent to an activating group) is 1. The molecule has 41 heavy (non-hydrogen) atoms. The Bertz CT molecular complexity index is 1350. The largest absolute Gasteiger partial charge is 0.496 e. The molecule has 0 atom stereocenters. The summed E-state index contributed by atoms with van der Waals surface area (Å²) >= 11 is 0. The van der Waals surface area contributed by atoms with Gasteiger partial charge >= 0.3 is 17.9 Å². The van der Waals surface area contributed by atoms with Crippen LogP contribution >= 0.6 is 0 Å². The molecular weight excluding hydrogens is 536 g/mol. The van der Waals surface area contributed by atoms with Gasteiger partial charge in [0.25, 0.3) is 0 Å². The van der Waals surface area contributed by atoms with Crippen LogP contribution in [0.15, 0.2) is 53.1 Å². The van der Waals surface area contributed by atoms with Crippen LogP contribution in [0.3, 0.4) is 0 Å². The maximum Gasteiger partial charge on any atom is 0.336 e. The van der Waals surface area contributed by atoms with Gasteiger partial charge in [-0.05, 0) is 38.7 Å². The maximum absolute atomic E-state index is 13.2. The van der Waals surface area contributed by atoms with Crippen LogP contribution in [-0.4, -0.2) is 93.9 Å².